The number of likely N-dealkylation sites (tertiary alicyclic amines) is 1. The van der Waals surface area contributed by atoms with Crippen molar-refractivity contribution in [2.75, 3.05) is 18.9 Å². The van der Waals surface area contributed by atoms with Gasteiger partial charge in [0.2, 0.25) is 0 Å². The Morgan fingerprint density at radius 3 is 3.00 bits per heavy atom. The molecule has 1 unspecified atom stereocenters. The first-order valence-corrected chi connectivity index (χ1v) is 7.26. The normalized spacial score (nSPS) is 18.0. The van der Waals surface area contributed by atoms with E-state index in [1.54, 1.807) is 6.20 Å². The third kappa shape index (κ3) is 2.51. The van der Waals surface area contributed by atoms with Gasteiger partial charge < -0.3 is 14.8 Å². The summed E-state index contributed by atoms with van der Waals surface area (Å²) in [6.45, 7) is 0.811. The second-order valence-corrected chi connectivity index (χ2v) is 5.39. The minimum atomic E-state index is 0.104. The summed E-state index contributed by atoms with van der Waals surface area (Å²) in [5.74, 6) is 0.943. The molecule has 1 N–H and O–H groups in total. The maximum absolute atomic E-state index is 12.7. The molecule has 5 nitrogen and oxygen atoms in total. The average molecular weight is 284 g/mol. The third-order valence-corrected chi connectivity index (χ3v) is 4.10. The number of hydrogen-bond acceptors (Lipinski definition) is 3. The van der Waals surface area contributed by atoms with Gasteiger partial charge in [-0.05, 0) is 42.7 Å². The second kappa shape index (κ2) is 5.60. The maximum atomic E-state index is 12.7. The number of carbonyl (C=O) groups is 1. The molecule has 21 heavy (non-hydrogen) atoms. The van der Waals surface area contributed by atoms with Crippen LogP contribution in [-0.2, 0) is 7.05 Å². The van der Waals surface area contributed by atoms with Gasteiger partial charge in [0.1, 0.15) is 11.5 Å². The van der Waals surface area contributed by atoms with Crippen molar-refractivity contribution < 1.29 is 4.79 Å². The fourth-order valence-electron chi connectivity index (χ4n) is 2.98. The summed E-state index contributed by atoms with van der Waals surface area (Å²) in [6.07, 6.45) is 5.75. The molecule has 2 aromatic heterocycles. The molecule has 1 saturated heterocycles. The van der Waals surface area contributed by atoms with Crippen molar-refractivity contribution >= 4 is 11.7 Å². The largest absolute Gasteiger partial charge is 0.373 e. The Kier molecular flexibility index (Phi) is 3.64. The first-order valence-electron chi connectivity index (χ1n) is 7.26. The van der Waals surface area contributed by atoms with Crippen LogP contribution in [0.25, 0.3) is 0 Å². The first-order chi connectivity index (χ1) is 10.2. The quantitative estimate of drug-likeness (QED) is 0.942. The molecule has 1 fully saturated rings. The average Bonchev–Trinajstić information content (AvgIpc) is 3.15. The highest BCUT2D eigenvalue weighted by Gasteiger charge is 2.31. The molecule has 1 aliphatic rings. The van der Waals surface area contributed by atoms with Crippen LogP contribution < -0.4 is 5.32 Å². The Morgan fingerprint density at radius 1 is 1.43 bits per heavy atom. The van der Waals surface area contributed by atoms with Gasteiger partial charge in [-0.2, -0.15) is 0 Å². The zero-order valence-electron chi connectivity index (χ0n) is 12.4. The van der Waals surface area contributed by atoms with Gasteiger partial charge in [0, 0.05) is 33.0 Å². The topological polar surface area (TPSA) is 50.2 Å². The molecule has 2 aromatic rings. The van der Waals surface area contributed by atoms with E-state index >= 15 is 0 Å². The number of nitrogens with one attached hydrogen (secondary N) is 1. The number of rotatable bonds is 3. The highest BCUT2D eigenvalue weighted by molar-refractivity contribution is 5.93. The zero-order chi connectivity index (χ0) is 14.8. The van der Waals surface area contributed by atoms with E-state index in [1.165, 1.54) is 0 Å². The van der Waals surface area contributed by atoms with E-state index in [1.807, 2.05) is 54.0 Å². The van der Waals surface area contributed by atoms with Crippen LogP contribution in [0.2, 0.25) is 0 Å². The molecule has 1 amide bonds. The summed E-state index contributed by atoms with van der Waals surface area (Å²) < 4.78 is 1.88. The molecule has 3 heterocycles. The number of anilines is 1. The number of carbonyl (C=O) groups excluding carboxylic acids is 1. The predicted molar refractivity (Wildman–Crippen MR) is 82.2 cm³/mol. The van der Waals surface area contributed by atoms with Gasteiger partial charge in [0.15, 0.2) is 0 Å². The number of aryl methyl sites for hydroxylation is 1. The maximum Gasteiger partial charge on any atom is 0.270 e. The van der Waals surface area contributed by atoms with Crippen molar-refractivity contribution in [3.63, 3.8) is 0 Å². The molecule has 0 spiro atoms. The Hall–Kier alpha value is -2.30. The summed E-state index contributed by atoms with van der Waals surface area (Å²) in [5, 5.41) is 3.05. The van der Waals surface area contributed by atoms with Crippen molar-refractivity contribution in [1.82, 2.24) is 14.5 Å². The van der Waals surface area contributed by atoms with E-state index in [2.05, 4.69) is 10.3 Å². The van der Waals surface area contributed by atoms with Crippen molar-refractivity contribution in [1.29, 1.82) is 0 Å². The molecule has 3 rings (SSSR count). The molecule has 1 aliphatic heterocycles. The van der Waals surface area contributed by atoms with Crippen LogP contribution in [0.3, 0.4) is 0 Å². The lowest BCUT2D eigenvalue weighted by molar-refractivity contribution is 0.0726. The fraction of sp³-hybridized carbons (Fsp3) is 0.375. The van der Waals surface area contributed by atoms with Gasteiger partial charge in [0.05, 0.1) is 6.04 Å². The molecule has 110 valence electrons. The summed E-state index contributed by atoms with van der Waals surface area (Å²) >= 11 is 0. The lowest BCUT2D eigenvalue weighted by atomic mass is 10.1. The van der Waals surface area contributed by atoms with Crippen LogP contribution in [0.1, 0.15) is 34.9 Å². The van der Waals surface area contributed by atoms with Crippen molar-refractivity contribution in [3.05, 3.63) is 47.9 Å². The minimum absolute atomic E-state index is 0.104. The fourth-order valence-corrected chi connectivity index (χ4v) is 2.98. The van der Waals surface area contributed by atoms with Gasteiger partial charge in [-0.25, -0.2) is 4.98 Å². The van der Waals surface area contributed by atoms with E-state index in [9.17, 15) is 4.79 Å². The third-order valence-electron chi connectivity index (χ3n) is 4.10. The Morgan fingerprint density at radius 2 is 2.29 bits per heavy atom. The molecule has 0 aromatic carbocycles. The molecule has 0 aliphatic carbocycles. The standard InChI is InChI=1S/C16H20N4O/c1-17-15-11-12(7-8-18-15)13-5-4-10-20(13)16(21)14-6-3-9-19(14)2/h3,6-9,11,13H,4-5,10H2,1-2H3,(H,17,18). The second-order valence-electron chi connectivity index (χ2n) is 5.39. The number of pyridine rings is 1. The van der Waals surface area contributed by atoms with E-state index < -0.39 is 0 Å². The zero-order valence-corrected chi connectivity index (χ0v) is 12.4. The molecule has 0 saturated carbocycles. The minimum Gasteiger partial charge on any atom is -0.373 e. The molecule has 1 atom stereocenters. The highest BCUT2D eigenvalue weighted by Crippen LogP contribution is 2.33. The first kappa shape index (κ1) is 13.7. The van der Waals surface area contributed by atoms with Crippen LogP contribution in [0.5, 0.6) is 0 Å². The Labute approximate surface area is 124 Å². The van der Waals surface area contributed by atoms with Crippen LogP contribution in [0, 0.1) is 0 Å². The van der Waals surface area contributed by atoms with Crippen LogP contribution >= 0.6 is 0 Å². The smallest absolute Gasteiger partial charge is 0.270 e. The predicted octanol–water partition coefficient (Wildman–Crippen LogP) is 2.44. The van der Waals surface area contributed by atoms with Crippen molar-refractivity contribution in [3.8, 4) is 0 Å². The lowest BCUT2D eigenvalue weighted by Crippen LogP contribution is -2.31. The molecule has 0 radical (unpaired) electrons. The van der Waals surface area contributed by atoms with E-state index in [0.29, 0.717) is 0 Å². The van der Waals surface area contributed by atoms with Crippen molar-refractivity contribution in [2.24, 2.45) is 7.05 Å². The van der Waals surface area contributed by atoms with Crippen LogP contribution in [-0.4, -0.2) is 34.0 Å². The van der Waals surface area contributed by atoms with Gasteiger partial charge in [-0.15, -0.1) is 0 Å². The molecular weight excluding hydrogens is 264 g/mol. The molecule has 0 bridgehead atoms. The van der Waals surface area contributed by atoms with E-state index in [4.69, 9.17) is 0 Å². The van der Waals surface area contributed by atoms with Gasteiger partial charge in [0.25, 0.3) is 5.91 Å². The van der Waals surface area contributed by atoms with Crippen LogP contribution in [0.15, 0.2) is 36.7 Å². The Bertz CT molecular complexity index is 649. The number of aromatic nitrogens is 2. The number of amides is 1. The monoisotopic (exact) mass is 284 g/mol. The lowest BCUT2D eigenvalue weighted by Gasteiger charge is -2.25. The summed E-state index contributed by atoms with van der Waals surface area (Å²) in [6, 6.07) is 7.96. The Balaban J connectivity index is 1.88. The van der Waals surface area contributed by atoms with Crippen molar-refractivity contribution in [2.45, 2.75) is 18.9 Å². The van der Waals surface area contributed by atoms with E-state index in [-0.39, 0.29) is 11.9 Å². The van der Waals surface area contributed by atoms with E-state index in [0.717, 1.165) is 36.5 Å². The SMILES string of the molecule is CNc1cc(C2CCCN2C(=O)c2cccn2C)ccn1. The molecule has 5 heteroatoms. The summed E-state index contributed by atoms with van der Waals surface area (Å²) in [7, 11) is 3.76. The highest BCUT2D eigenvalue weighted by atomic mass is 16.2. The molecular formula is C16H20N4O. The van der Waals surface area contributed by atoms with Crippen LogP contribution in [0.4, 0.5) is 5.82 Å². The number of hydrogen-bond donors (Lipinski definition) is 1. The summed E-state index contributed by atoms with van der Waals surface area (Å²) in [4.78, 5) is 19.0. The van der Waals surface area contributed by atoms with Gasteiger partial charge in [-0.3, -0.25) is 4.79 Å². The number of nitrogens with zero attached hydrogens (tertiary/aromatic N) is 3. The summed E-state index contributed by atoms with van der Waals surface area (Å²) in [5.41, 5.74) is 1.89. The van der Waals surface area contributed by atoms with Gasteiger partial charge in [-0.1, -0.05) is 0 Å². The van der Waals surface area contributed by atoms with Gasteiger partial charge >= 0.3 is 0 Å².